The normalized spacial score (nSPS) is 11.0. The SMILES string of the molecule is CS(=O)(=O)CCCCOC=O. The monoisotopic (exact) mass is 180 g/mol. The molecule has 0 atom stereocenters. The molecule has 0 rings (SSSR count). The summed E-state index contributed by atoms with van der Waals surface area (Å²) in [5.41, 5.74) is 0. The first kappa shape index (κ1) is 10.4. The quantitative estimate of drug-likeness (QED) is 0.426. The summed E-state index contributed by atoms with van der Waals surface area (Å²) in [5.74, 6) is 0.162. The van der Waals surface area contributed by atoms with Crippen LogP contribution in [-0.4, -0.2) is 33.5 Å². The van der Waals surface area contributed by atoms with Crippen molar-refractivity contribution in [1.29, 1.82) is 0 Å². The Balaban J connectivity index is 3.22. The second-order valence-corrected chi connectivity index (χ2v) is 4.56. The van der Waals surface area contributed by atoms with Crippen LogP contribution in [0.1, 0.15) is 12.8 Å². The van der Waals surface area contributed by atoms with Gasteiger partial charge >= 0.3 is 0 Å². The molecule has 0 aromatic carbocycles. The maximum absolute atomic E-state index is 10.6. The van der Waals surface area contributed by atoms with Crippen molar-refractivity contribution in [3.8, 4) is 0 Å². The van der Waals surface area contributed by atoms with E-state index in [1.807, 2.05) is 0 Å². The van der Waals surface area contributed by atoms with E-state index in [1.165, 1.54) is 6.26 Å². The average Bonchev–Trinajstić information content (AvgIpc) is 1.85. The zero-order valence-electron chi connectivity index (χ0n) is 6.45. The molecule has 0 heterocycles. The molecule has 5 heteroatoms. The van der Waals surface area contributed by atoms with Gasteiger partial charge in [-0.2, -0.15) is 0 Å². The molecule has 0 unspecified atom stereocenters. The van der Waals surface area contributed by atoms with Crippen molar-refractivity contribution in [2.45, 2.75) is 12.8 Å². The number of hydrogen-bond donors (Lipinski definition) is 0. The Morgan fingerprint density at radius 1 is 1.36 bits per heavy atom. The van der Waals surface area contributed by atoms with Crippen molar-refractivity contribution in [1.82, 2.24) is 0 Å². The van der Waals surface area contributed by atoms with E-state index < -0.39 is 9.84 Å². The van der Waals surface area contributed by atoms with E-state index in [9.17, 15) is 13.2 Å². The molecule has 11 heavy (non-hydrogen) atoms. The number of carbonyl (C=O) groups excluding carboxylic acids is 1. The van der Waals surface area contributed by atoms with Gasteiger partial charge in [0.15, 0.2) is 0 Å². The van der Waals surface area contributed by atoms with E-state index in [-0.39, 0.29) is 5.75 Å². The summed E-state index contributed by atoms with van der Waals surface area (Å²) in [6.45, 7) is 0.666. The maximum Gasteiger partial charge on any atom is 0.293 e. The summed E-state index contributed by atoms with van der Waals surface area (Å²) in [5, 5.41) is 0. The van der Waals surface area contributed by atoms with Crippen molar-refractivity contribution < 1.29 is 17.9 Å². The Kier molecular flexibility index (Phi) is 4.85. The number of carbonyl (C=O) groups is 1. The summed E-state index contributed by atoms with van der Waals surface area (Å²) in [6, 6.07) is 0. The smallest absolute Gasteiger partial charge is 0.293 e. The standard InChI is InChI=1S/C6H12O4S/c1-11(8,9)5-3-2-4-10-6-7/h6H,2-5H2,1H3. The van der Waals surface area contributed by atoms with Crippen LogP contribution in [0.25, 0.3) is 0 Å². The molecule has 0 N–H and O–H groups in total. The van der Waals surface area contributed by atoms with Crippen LogP contribution in [-0.2, 0) is 19.4 Å². The first-order valence-electron chi connectivity index (χ1n) is 3.29. The molecule has 0 aliphatic rings. The molecular weight excluding hydrogens is 168 g/mol. The highest BCUT2D eigenvalue weighted by molar-refractivity contribution is 7.90. The molecule has 0 aliphatic heterocycles. The van der Waals surface area contributed by atoms with E-state index in [1.54, 1.807) is 0 Å². The highest BCUT2D eigenvalue weighted by atomic mass is 32.2. The summed E-state index contributed by atoms with van der Waals surface area (Å²) >= 11 is 0. The lowest BCUT2D eigenvalue weighted by Crippen LogP contribution is -2.04. The molecule has 0 spiro atoms. The lowest BCUT2D eigenvalue weighted by Gasteiger charge is -1.97. The third-order valence-electron chi connectivity index (χ3n) is 1.10. The average molecular weight is 180 g/mol. The minimum Gasteiger partial charge on any atom is -0.468 e. The van der Waals surface area contributed by atoms with Gasteiger partial charge in [-0.25, -0.2) is 8.42 Å². The van der Waals surface area contributed by atoms with Crippen molar-refractivity contribution in [3.63, 3.8) is 0 Å². The molecule has 0 saturated heterocycles. The van der Waals surface area contributed by atoms with Crippen LogP contribution < -0.4 is 0 Å². The fourth-order valence-electron chi connectivity index (χ4n) is 0.598. The third-order valence-corrected chi connectivity index (χ3v) is 2.13. The number of hydrogen-bond acceptors (Lipinski definition) is 4. The van der Waals surface area contributed by atoms with Gasteiger partial charge in [0.05, 0.1) is 12.4 Å². The number of unbranched alkanes of at least 4 members (excludes halogenated alkanes) is 1. The zero-order chi connectivity index (χ0) is 8.74. The van der Waals surface area contributed by atoms with E-state index in [4.69, 9.17) is 0 Å². The third kappa shape index (κ3) is 9.42. The molecule has 66 valence electrons. The minimum absolute atomic E-state index is 0.162. The van der Waals surface area contributed by atoms with Crippen LogP contribution in [0.2, 0.25) is 0 Å². The number of ether oxygens (including phenoxy) is 1. The molecule has 4 nitrogen and oxygen atoms in total. The van der Waals surface area contributed by atoms with Crippen molar-refractivity contribution in [2.75, 3.05) is 18.6 Å². The van der Waals surface area contributed by atoms with Crippen molar-refractivity contribution in [2.24, 2.45) is 0 Å². The topological polar surface area (TPSA) is 60.4 Å². The van der Waals surface area contributed by atoms with Gasteiger partial charge in [0.25, 0.3) is 6.47 Å². The Morgan fingerprint density at radius 3 is 2.45 bits per heavy atom. The van der Waals surface area contributed by atoms with Crippen LogP contribution >= 0.6 is 0 Å². The molecule has 0 aromatic rings. The fourth-order valence-corrected chi connectivity index (χ4v) is 1.33. The summed E-state index contributed by atoms with van der Waals surface area (Å²) in [7, 11) is -2.86. The second-order valence-electron chi connectivity index (χ2n) is 2.30. The lowest BCUT2D eigenvalue weighted by atomic mass is 10.4. The zero-order valence-corrected chi connectivity index (χ0v) is 7.26. The second kappa shape index (κ2) is 5.12. The Labute approximate surface area is 66.5 Å². The number of rotatable bonds is 6. The summed E-state index contributed by atoms with van der Waals surface area (Å²) in [4.78, 5) is 9.62. The first-order chi connectivity index (χ1) is 5.06. The van der Waals surface area contributed by atoms with Gasteiger partial charge in [0, 0.05) is 6.26 Å². The Hall–Kier alpha value is -0.580. The van der Waals surface area contributed by atoms with Crippen LogP contribution in [0.4, 0.5) is 0 Å². The van der Waals surface area contributed by atoms with E-state index >= 15 is 0 Å². The van der Waals surface area contributed by atoms with E-state index in [0.717, 1.165) is 0 Å². The van der Waals surface area contributed by atoms with Crippen LogP contribution in [0.15, 0.2) is 0 Å². The predicted molar refractivity (Wildman–Crippen MR) is 41.0 cm³/mol. The maximum atomic E-state index is 10.6. The van der Waals surface area contributed by atoms with Gasteiger partial charge in [-0.15, -0.1) is 0 Å². The van der Waals surface area contributed by atoms with Gasteiger partial charge in [-0.3, -0.25) is 4.79 Å². The summed E-state index contributed by atoms with van der Waals surface area (Å²) < 4.78 is 25.5. The highest BCUT2D eigenvalue weighted by Gasteiger charge is 2.00. The molecule has 0 amide bonds. The Morgan fingerprint density at radius 2 is 2.00 bits per heavy atom. The molecule has 0 saturated carbocycles. The van der Waals surface area contributed by atoms with Gasteiger partial charge in [-0.05, 0) is 12.8 Å². The predicted octanol–water partition coefficient (Wildman–Crippen LogP) is -0.0158. The van der Waals surface area contributed by atoms with E-state index in [0.29, 0.717) is 25.9 Å². The lowest BCUT2D eigenvalue weighted by molar-refractivity contribution is -0.128. The van der Waals surface area contributed by atoms with Gasteiger partial charge in [0.2, 0.25) is 0 Å². The van der Waals surface area contributed by atoms with Crippen LogP contribution in [0, 0.1) is 0 Å². The first-order valence-corrected chi connectivity index (χ1v) is 5.35. The van der Waals surface area contributed by atoms with Gasteiger partial charge in [0.1, 0.15) is 9.84 Å². The molecule has 0 fully saturated rings. The molecular formula is C6H12O4S. The van der Waals surface area contributed by atoms with Gasteiger partial charge < -0.3 is 4.74 Å². The van der Waals surface area contributed by atoms with Crippen LogP contribution in [0.5, 0.6) is 0 Å². The molecule has 0 aliphatic carbocycles. The van der Waals surface area contributed by atoms with Gasteiger partial charge in [-0.1, -0.05) is 0 Å². The van der Waals surface area contributed by atoms with E-state index in [2.05, 4.69) is 4.74 Å². The Bertz CT molecular complexity index is 195. The largest absolute Gasteiger partial charge is 0.468 e. The van der Waals surface area contributed by atoms with Crippen molar-refractivity contribution in [3.05, 3.63) is 0 Å². The van der Waals surface area contributed by atoms with Crippen LogP contribution in [0.3, 0.4) is 0 Å². The minimum atomic E-state index is -2.86. The summed E-state index contributed by atoms with van der Waals surface area (Å²) in [6.07, 6.45) is 2.34. The number of sulfone groups is 1. The molecule has 0 aromatic heterocycles. The fraction of sp³-hybridized carbons (Fsp3) is 0.833. The molecule has 0 radical (unpaired) electrons. The molecule has 0 bridgehead atoms. The van der Waals surface area contributed by atoms with Crippen molar-refractivity contribution >= 4 is 16.3 Å². The highest BCUT2D eigenvalue weighted by Crippen LogP contribution is 1.93.